The van der Waals surface area contributed by atoms with E-state index in [-0.39, 0.29) is 17.7 Å². The summed E-state index contributed by atoms with van der Waals surface area (Å²) in [6, 6.07) is -0.441. The normalized spacial score (nSPS) is 17.2. The first-order chi connectivity index (χ1) is 9.06. The number of amides is 2. The lowest BCUT2D eigenvalue weighted by Gasteiger charge is -2.22. The molecule has 104 valence electrons. The van der Waals surface area contributed by atoms with E-state index in [1.165, 1.54) is 18.3 Å². The van der Waals surface area contributed by atoms with Gasteiger partial charge in [-0.05, 0) is 25.7 Å². The number of hydrogen-bond donors (Lipinski definition) is 2. The van der Waals surface area contributed by atoms with E-state index < -0.39 is 6.04 Å². The lowest BCUT2D eigenvalue weighted by molar-refractivity contribution is -0.126. The molecule has 1 aromatic heterocycles. The van der Waals surface area contributed by atoms with Crippen LogP contribution in [0.4, 0.5) is 5.13 Å². The third-order valence-corrected chi connectivity index (χ3v) is 4.24. The number of nitrogens with one attached hydrogen (secondary N) is 2. The fourth-order valence-electron chi connectivity index (χ4n) is 2.50. The molecule has 1 saturated carbocycles. The minimum absolute atomic E-state index is 0.156. The molecule has 1 heterocycles. The Labute approximate surface area is 116 Å². The highest BCUT2D eigenvalue weighted by atomic mass is 32.1. The van der Waals surface area contributed by atoms with Crippen LogP contribution in [0.15, 0.2) is 5.38 Å². The second kappa shape index (κ2) is 6.14. The Balaban J connectivity index is 2.04. The van der Waals surface area contributed by atoms with Gasteiger partial charge in [-0.1, -0.05) is 12.8 Å². The molecule has 2 amide bonds. The highest BCUT2D eigenvalue weighted by Gasteiger charge is 2.31. The van der Waals surface area contributed by atoms with Crippen LogP contribution in [0.5, 0.6) is 0 Å². The topological polar surface area (TPSA) is 71.1 Å². The smallest absolute Gasteiger partial charge is 0.249 e. The SMILES string of the molecule is CC(=O)NC(C(=O)Nc1nc(C)cs1)C1CCCC1. The maximum atomic E-state index is 12.3. The van der Waals surface area contributed by atoms with Crippen LogP contribution >= 0.6 is 11.3 Å². The summed E-state index contributed by atoms with van der Waals surface area (Å²) in [6.07, 6.45) is 4.25. The van der Waals surface area contributed by atoms with Crippen LogP contribution in [-0.4, -0.2) is 22.8 Å². The molecule has 1 atom stereocenters. The Morgan fingerprint density at radius 2 is 2.11 bits per heavy atom. The summed E-state index contributed by atoms with van der Waals surface area (Å²) in [6.45, 7) is 3.33. The van der Waals surface area contributed by atoms with Crippen LogP contribution in [-0.2, 0) is 9.59 Å². The Kier molecular flexibility index (Phi) is 4.52. The Bertz CT molecular complexity index is 466. The molecule has 1 aromatic rings. The van der Waals surface area contributed by atoms with Crippen molar-refractivity contribution in [3.05, 3.63) is 11.1 Å². The molecule has 0 saturated heterocycles. The van der Waals surface area contributed by atoms with Gasteiger partial charge in [-0.25, -0.2) is 4.98 Å². The maximum absolute atomic E-state index is 12.3. The van der Waals surface area contributed by atoms with Gasteiger partial charge < -0.3 is 10.6 Å². The maximum Gasteiger partial charge on any atom is 0.249 e. The van der Waals surface area contributed by atoms with Gasteiger partial charge in [-0.3, -0.25) is 9.59 Å². The minimum atomic E-state index is -0.441. The Morgan fingerprint density at radius 1 is 1.42 bits per heavy atom. The van der Waals surface area contributed by atoms with E-state index in [0.29, 0.717) is 5.13 Å². The molecule has 1 aliphatic rings. The average Bonchev–Trinajstić information content (AvgIpc) is 2.97. The lowest BCUT2D eigenvalue weighted by atomic mass is 9.97. The van der Waals surface area contributed by atoms with Crippen molar-refractivity contribution in [3.8, 4) is 0 Å². The number of aryl methyl sites for hydroxylation is 1. The fraction of sp³-hybridized carbons (Fsp3) is 0.615. The van der Waals surface area contributed by atoms with Crippen molar-refractivity contribution >= 4 is 28.3 Å². The molecule has 0 aromatic carbocycles. The molecular formula is C13H19N3O2S. The third kappa shape index (κ3) is 3.76. The van der Waals surface area contributed by atoms with Gasteiger partial charge >= 0.3 is 0 Å². The van der Waals surface area contributed by atoms with Crippen molar-refractivity contribution in [2.75, 3.05) is 5.32 Å². The first kappa shape index (κ1) is 14.0. The molecule has 0 bridgehead atoms. The third-order valence-electron chi connectivity index (χ3n) is 3.36. The van der Waals surface area contributed by atoms with Crippen LogP contribution in [0.2, 0.25) is 0 Å². The molecule has 0 aliphatic heterocycles. The molecule has 2 N–H and O–H groups in total. The van der Waals surface area contributed by atoms with Gasteiger partial charge in [0.05, 0.1) is 5.69 Å². The summed E-state index contributed by atoms with van der Waals surface area (Å²) in [7, 11) is 0. The van der Waals surface area contributed by atoms with E-state index in [0.717, 1.165) is 31.4 Å². The molecule has 0 spiro atoms. The van der Waals surface area contributed by atoms with Crippen LogP contribution in [0.25, 0.3) is 0 Å². The number of nitrogens with zero attached hydrogens (tertiary/aromatic N) is 1. The van der Waals surface area contributed by atoms with Crippen molar-refractivity contribution in [3.63, 3.8) is 0 Å². The van der Waals surface area contributed by atoms with Gasteiger partial charge in [0.25, 0.3) is 0 Å². The van der Waals surface area contributed by atoms with Gasteiger partial charge in [0.15, 0.2) is 5.13 Å². The molecule has 1 unspecified atom stereocenters. The van der Waals surface area contributed by atoms with Crippen molar-refractivity contribution in [1.82, 2.24) is 10.3 Å². The molecule has 2 rings (SSSR count). The molecule has 19 heavy (non-hydrogen) atoms. The van der Waals surface area contributed by atoms with E-state index in [1.54, 1.807) is 0 Å². The van der Waals surface area contributed by atoms with Crippen LogP contribution in [0, 0.1) is 12.8 Å². The monoisotopic (exact) mass is 281 g/mol. The van der Waals surface area contributed by atoms with Gasteiger partial charge in [-0.2, -0.15) is 0 Å². The van der Waals surface area contributed by atoms with Gasteiger partial charge in [-0.15, -0.1) is 11.3 Å². The number of rotatable bonds is 4. The standard InChI is InChI=1S/C13H19N3O2S/c1-8-7-19-13(14-8)16-12(18)11(15-9(2)17)10-5-3-4-6-10/h7,10-11H,3-6H2,1-2H3,(H,15,17)(H,14,16,18). The zero-order valence-electron chi connectivity index (χ0n) is 11.2. The summed E-state index contributed by atoms with van der Waals surface area (Å²) in [4.78, 5) is 27.8. The number of anilines is 1. The number of thiazole rings is 1. The molecule has 1 aliphatic carbocycles. The van der Waals surface area contributed by atoms with E-state index in [2.05, 4.69) is 15.6 Å². The number of hydrogen-bond acceptors (Lipinski definition) is 4. The quantitative estimate of drug-likeness (QED) is 0.887. The number of carbonyl (C=O) groups excluding carboxylic acids is 2. The largest absolute Gasteiger partial charge is 0.344 e. The minimum Gasteiger partial charge on any atom is -0.344 e. The van der Waals surface area contributed by atoms with Crippen molar-refractivity contribution < 1.29 is 9.59 Å². The van der Waals surface area contributed by atoms with Crippen LogP contribution in [0.3, 0.4) is 0 Å². The van der Waals surface area contributed by atoms with E-state index in [4.69, 9.17) is 0 Å². The van der Waals surface area contributed by atoms with Crippen molar-refractivity contribution in [2.24, 2.45) is 5.92 Å². The highest BCUT2D eigenvalue weighted by molar-refractivity contribution is 7.13. The second-order valence-electron chi connectivity index (χ2n) is 5.01. The van der Waals surface area contributed by atoms with E-state index in [9.17, 15) is 9.59 Å². The summed E-state index contributed by atoms with van der Waals surface area (Å²) >= 11 is 1.40. The molecule has 6 heteroatoms. The van der Waals surface area contributed by atoms with Gasteiger partial charge in [0.1, 0.15) is 6.04 Å². The summed E-state index contributed by atoms with van der Waals surface area (Å²) in [5.74, 6) is -0.0798. The lowest BCUT2D eigenvalue weighted by Crippen LogP contribution is -2.47. The molecule has 0 radical (unpaired) electrons. The van der Waals surface area contributed by atoms with E-state index in [1.807, 2.05) is 12.3 Å². The first-order valence-electron chi connectivity index (χ1n) is 6.56. The van der Waals surface area contributed by atoms with Crippen molar-refractivity contribution in [1.29, 1.82) is 0 Å². The highest BCUT2D eigenvalue weighted by Crippen LogP contribution is 2.28. The van der Waals surface area contributed by atoms with Crippen molar-refractivity contribution in [2.45, 2.75) is 45.6 Å². The zero-order valence-corrected chi connectivity index (χ0v) is 12.0. The number of carbonyl (C=O) groups is 2. The van der Waals surface area contributed by atoms with E-state index >= 15 is 0 Å². The zero-order chi connectivity index (χ0) is 13.8. The number of aromatic nitrogens is 1. The van der Waals surface area contributed by atoms with Crippen LogP contribution in [0.1, 0.15) is 38.3 Å². The summed E-state index contributed by atoms with van der Waals surface area (Å²) in [5.41, 5.74) is 0.886. The predicted octanol–water partition coefficient (Wildman–Crippen LogP) is 2.08. The first-order valence-corrected chi connectivity index (χ1v) is 7.44. The molecular weight excluding hydrogens is 262 g/mol. The Hall–Kier alpha value is -1.43. The fourth-order valence-corrected chi connectivity index (χ4v) is 3.19. The molecule has 1 fully saturated rings. The van der Waals surface area contributed by atoms with Gasteiger partial charge in [0.2, 0.25) is 11.8 Å². The second-order valence-corrected chi connectivity index (χ2v) is 5.86. The predicted molar refractivity (Wildman–Crippen MR) is 75.0 cm³/mol. The van der Waals surface area contributed by atoms with Gasteiger partial charge in [0, 0.05) is 12.3 Å². The van der Waals surface area contributed by atoms with Crippen LogP contribution < -0.4 is 10.6 Å². The Morgan fingerprint density at radius 3 is 2.63 bits per heavy atom. The molecule has 5 nitrogen and oxygen atoms in total. The summed E-state index contributed by atoms with van der Waals surface area (Å²) in [5, 5.41) is 8.05. The summed E-state index contributed by atoms with van der Waals surface area (Å²) < 4.78 is 0. The average molecular weight is 281 g/mol.